The van der Waals surface area contributed by atoms with Gasteiger partial charge in [-0.25, -0.2) is 14.2 Å². The van der Waals surface area contributed by atoms with Crippen LogP contribution in [0.3, 0.4) is 0 Å². The second kappa shape index (κ2) is 8.06. The van der Waals surface area contributed by atoms with E-state index in [1.165, 1.54) is 12.1 Å². The number of imidazole rings is 1. The fourth-order valence-electron chi connectivity index (χ4n) is 3.62. The number of fused-ring (bicyclic) bond motifs is 1. The van der Waals surface area contributed by atoms with Gasteiger partial charge in [0.2, 0.25) is 0 Å². The summed E-state index contributed by atoms with van der Waals surface area (Å²) in [5, 5.41) is 2.91. The SMILES string of the molecule is COc1ccc(OC)c(NC(=O)N2CCc3nc(-c4ccc(F)cc4)n(C)c3C2)c1. The summed E-state index contributed by atoms with van der Waals surface area (Å²) in [5.41, 5.74) is 3.31. The molecule has 2 aromatic carbocycles. The number of aromatic nitrogens is 2. The molecule has 30 heavy (non-hydrogen) atoms. The van der Waals surface area contributed by atoms with Crippen molar-refractivity contribution >= 4 is 11.7 Å². The Morgan fingerprint density at radius 1 is 1.13 bits per heavy atom. The molecule has 1 aliphatic heterocycles. The molecule has 2 heterocycles. The van der Waals surface area contributed by atoms with Crippen LogP contribution in [0.1, 0.15) is 11.4 Å². The zero-order valence-electron chi connectivity index (χ0n) is 17.1. The lowest BCUT2D eigenvalue weighted by atomic mass is 10.1. The van der Waals surface area contributed by atoms with Crippen molar-refractivity contribution in [2.24, 2.45) is 7.05 Å². The lowest BCUT2D eigenvalue weighted by molar-refractivity contribution is 0.204. The Morgan fingerprint density at radius 2 is 1.90 bits per heavy atom. The molecule has 0 unspecified atom stereocenters. The second-order valence-corrected chi connectivity index (χ2v) is 7.06. The third kappa shape index (κ3) is 3.68. The molecule has 0 radical (unpaired) electrons. The summed E-state index contributed by atoms with van der Waals surface area (Å²) >= 11 is 0. The molecule has 1 aliphatic rings. The average molecular weight is 410 g/mol. The molecular formula is C22H23FN4O3. The second-order valence-electron chi connectivity index (χ2n) is 7.06. The topological polar surface area (TPSA) is 68.6 Å². The largest absolute Gasteiger partial charge is 0.497 e. The number of nitrogens with one attached hydrogen (secondary N) is 1. The van der Waals surface area contributed by atoms with E-state index in [9.17, 15) is 9.18 Å². The van der Waals surface area contributed by atoms with Gasteiger partial charge >= 0.3 is 6.03 Å². The van der Waals surface area contributed by atoms with Gasteiger partial charge in [-0.1, -0.05) is 0 Å². The minimum Gasteiger partial charge on any atom is -0.497 e. The Hall–Kier alpha value is -3.55. The van der Waals surface area contributed by atoms with Gasteiger partial charge in [-0.3, -0.25) is 0 Å². The maximum Gasteiger partial charge on any atom is 0.322 e. The predicted octanol–water partition coefficient (Wildman–Crippen LogP) is 3.83. The van der Waals surface area contributed by atoms with Crippen LogP contribution in [0.2, 0.25) is 0 Å². The molecule has 0 bridgehead atoms. The van der Waals surface area contributed by atoms with Crippen LogP contribution in [0.15, 0.2) is 42.5 Å². The van der Waals surface area contributed by atoms with Gasteiger partial charge in [0, 0.05) is 31.6 Å². The summed E-state index contributed by atoms with van der Waals surface area (Å²) in [4.78, 5) is 19.4. The van der Waals surface area contributed by atoms with Crippen molar-refractivity contribution in [2.75, 3.05) is 26.1 Å². The van der Waals surface area contributed by atoms with Crippen molar-refractivity contribution in [1.29, 1.82) is 0 Å². The first-order valence-electron chi connectivity index (χ1n) is 9.58. The third-order valence-electron chi connectivity index (χ3n) is 5.29. The fourth-order valence-corrected chi connectivity index (χ4v) is 3.62. The van der Waals surface area contributed by atoms with E-state index in [-0.39, 0.29) is 11.8 Å². The summed E-state index contributed by atoms with van der Waals surface area (Å²) in [6.07, 6.45) is 0.646. The van der Waals surface area contributed by atoms with Crippen molar-refractivity contribution in [3.8, 4) is 22.9 Å². The van der Waals surface area contributed by atoms with Crippen LogP contribution >= 0.6 is 0 Å². The van der Waals surface area contributed by atoms with E-state index in [1.54, 1.807) is 49.5 Å². The van der Waals surface area contributed by atoms with E-state index in [0.717, 1.165) is 22.8 Å². The first-order valence-corrected chi connectivity index (χ1v) is 9.58. The van der Waals surface area contributed by atoms with Gasteiger partial charge in [0.15, 0.2) is 0 Å². The van der Waals surface area contributed by atoms with E-state index < -0.39 is 0 Å². The third-order valence-corrected chi connectivity index (χ3v) is 5.29. The van der Waals surface area contributed by atoms with Crippen LogP contribution < -0.4 is 14.8 Å². The zero-order valence-corrected chi connectivity index (χ0v) is 17.1. The monoisotopic (exact) mass is 410 g/mol. The highest BCUT2D eigenvalue weighted by Gasteiger charge is 2.26. The molecule has 3 aromatic rings. The van der Waals surface area contributed by atoms with Crippen molar-refractivity contribution in [3.05, 3.63) is 59.7 Å². The number of methoxy groups -OCH3 is 2. The van der Waals surface area contributed by atoms with Crippen LogP contribution in [0.25, 0.3) is 11.4 Å². The number of hydrogen-bond acceptors (Lipinski definition) is 4. The summed E-state index contributed by atoms with van der Waals surface area (Å²) in [6.45, 7) is 0.975. The maximum atomic E-state index is 13.3. The van der Waals surface area contributed by atoms with Gasteiger partial charge in [0.1, 0.15) is 23.1 Å². The van der Waals surface area contributed by atoms with Gasteiger partial charge in [0.05, 0.1) is 37.8 Å². The number of hydrogen-bond donors (Lipinski definition) is 1. The minimum atomic E-state index is -0.284. The number of nitrogens with zero attached hydrogens (tertiary/aromatic N) is 3. The molecule has 0 spiro atoms. The average Bonchev–Trinajstić information content (AvgIpc) is 3.10. The Labute approximate surface area is 174 Å². The molecule has 0 atom stereocenters. The number of carbonyl (C=O) groups is 1. The van der Waals surface area contributed by atoms with E-state index in [2.05, 4.69) is 5.32 Å². The number of anilines is 1. The first-order chi connectivity index (χ1) is 14.5. The molecule has 8 heteroatoms. The van der Waals surface area contributed by atoms with E-state index in [0.29, 0.717) is 36.7 Å². The molecule has 1 aromatic heterocycles. The Morgan fingerprint density at radius 3 is 2.60 bits per heavy atom. The summed E-state index contributed by atoms with van der Waals surface area (Å²) in [6, 6.07) is 11.3. The quantitative estimate of drug-likeness (QED) is 0.710. The van der Waals surface area contributed by atoms with E-state index in [1.807, 2.05) is 11.6 Å². The number of amides is 2. The van der Waals surface area contributed by atoms with Gasteiger partial charge in [-0.05, 0) is 36.4 Å². The normalized spacial score (nSPS) is 13.0. The van der Waals surface area contributed by atoms with Crippen LogP contribution in [0, 0.1) is 5.82 Å². The number of halogens is 1. The van der Waals surface area contributed by atoms with Gasteiger partial charge < -0.3 is 24.3 Å². The highest BCUT2D eigenvalue weighted by molar-refractivity contribution is 5.91. The maximum absolute atomic E-state index is 13.3. The van der Waals surface area contributed by atoms with Crippen molar-refractivity contribution in [3.63, 3.8) is 0 Å². The predicted molar refractivity (Wildman–Crippen MR) is 111 cm³/mol. The molecule has 0 fully saturated rings. The van der Waals surface area contributed by atoms with Crippen LogP contribution in [0.4, 0.5) is 14.9 Å². The summed E-state index contributed by atoms with van der Waals surface area (Å²) in [7, 11) is 5.04. The fraction of sp³-hybridized carbons (Fsp3) is 0.273. The molecule has 0 aliphatic carbocycles. The van der Waals surface area contributed by atoms with Crippen LogP contribution in [-0.2, 0) is 20.0 Å². The smallest absolute Gasteiger partial charge is 0.322 e. The Balaban J connectivity index is 1.54. The minimum absolute atomic E-state index is 0.225. The Kier molecular flexibility index (Phi) is 5.31. The summed E-state index contributed by atoms with van der Waals surface area (Å²) in [5.74, 6) is 1.66. The highest BCUT2D eigenvalue weighted by Crippen LogP contribution is 2.30. The number of benzene rings is 2. The molecular weight excluding hydrogens is 387 g/mol. The van der Waals surface area contributed by atoms with Crippen molar-refractivity contribution in [1.82, 2.24) is 14.5 Å². The lowest BCUT2D eigenvalue weighted by Gasteiger charge is -2.27. The number of carbonyl (C=O) groups excluding carboxylic acids is 1. The molecule has 0 saturated heterocycles. The first kappa shape index (κ1) is 19.8. The van der Waals surface area contributed by atoms with Gasteiger partial charge in [-0.2, -0.15) is 0 Å². The van der Waals surface area contributed by atoms with Crippen molar-refractivity contribution < 1.29 is 18.7 Å². The summed E-state index contributed by atoms with van der Waals surface area (Å²) < 4.78 is 25.8. The zero-order chi connectivity index (χ0) is 21.3. The van der Waals surface area contributed by atoms with E-state index in [4.69, 9.17) is 14.5 Å². The van der Waals surface area contributed by atoms with Crippen LogP contribution in [0.5, 0.6) is 11.5 Å². The molecule has 0 saturated carbocycles. The van der Waals surface area contributed by atoms with Gasteiger partial charge in [-0.15, -0.1) is 0 Å². The number of rotatable bonds is 4. The van der Waals surface area contributed by atoms with Gasteiger partial charge in [0.25, 0.3) is 0 Å². The lowest BCUT2D eigenvalue weighted by Crippen LogP contribution is -2.39. The standard InChI is InChI=1S/C22H23FN4O3/c1-26-19-13-27(22(28)25-18-12-16(29-2)8-9-20(18)30-3)11-10-17(19)24-21(26)14-4-6-15(23)7-5-14/h4-9,12H,10-11,13H2,1-3H3,(H,25,28). The highest BCUT2D eigenvalue weighted by atomic mass is 19.1. The number of urea groups is 1. The molecule has 4 rings (SSSR count). The van der Waals surface area contributed by atoms with Crippen LogP contribution in [-0.4, -0.2) is 41.2 Å². The molecule has 7 nitrogen and oxygen atoms in total. The molecule has 156 valence electrons. The van der Waals surface area contributed by atoms with E-state index >= 15 is 0 Å². The molecule has 2 amide bonds. The number of ether oxygens (including phenoxy) is 2. The Bertz CT molecular complexity index is 1080. The molecule has 1 N–H and O–H groups in total. The van der Waals surface area contributed by atoms with Crippen molar-refractivity contribution in [2.45, 2.75) is 13.0 Å².